The Balaban J connectivity index is 0.00000245. The monoisotopic (exact) mass is 652 g/mol. The molecule has 2 aromatic heterocycles. The summed E-state index contributed by atoms with van der Waals surface area (Å²) >= 11 is 0. The summed E-state index contributed by atoms with van der Waals surface area (Å²) < 4.78 is 1.78. The van der Waals surface area contributed by atoms with Gasteiger partial charge in [0.15, 0.2) is 0 Å². The van der Waals surface area contributed by atoms with E-state index in [1.807, 2.05) is 60.7 Å². The Morgan fingerprint density at radius 1 is 1.00 bits per heavy atom. The van der Waals surface area contributed by atoms with E-state index in [9.17, 15) is 9.90 Å². The molecule has 5 rings (SSSR count). The van der Waals surface area contributed by atoms with Crippen molar-refractivity contribution in [3.8, 4) is 16.9 Å². The number of hydrogen-bond acceptors (Lipinski definition) is 4. The maximum absolute atomic E-state index is 11.7. The number of rotatable bonds is 5. The number of fused-ring (bicyclic) bond motifs is 1. The number of aromatic carboxylic acids is 1. The second-order valence-electron chi connectivity index (χ2n) is 6.94. The van der Waals surface area contributed by atoms with E-state index < -0.39 is 5.97 Å². The van der Waals surface area contributed by atoms with Crippen LogP contribution in [0.4, 0.5) is 11.5 Å². The molecule has 2 heterocycles. The second-order valence-corrected chi connectivity index (χ2v) is 6.94. The maximum atomic E-state index is 11.7. The Hall–Kier alpha value is -5.45. The first kappa shape index (κ1) is 19.8. The summed E-state index contributed by atoms with van der Waals surface area (Å²) in [4.78, 5) is 16.1. The standard InChI is InChI=1S/C25H17N4O2.Bk/c30-25(31)19-11-5-7-13-21(19)27-24-16-22(17-8-2-1-3-9-17)28-29(24)23-14-15-26-20-12-6-4-10-18(20)23;/h1-2,4-16,27H,(H,30,31);/q-1;. The van der Waals surface area contributed by atoms with Crippen molar-refractivity contribution in [2.75, 3.05) is 5.32 Å². The van der Waals surface area contributed by atoms with E-state index in [-0.39, 0.29) is 5.56 Å². The van der Waals surface area contributed by atoms with Crippen molar-refractivity contribution >= 4 is 28.4 Å². The van der Waals surface area contributed by atoms with Gasteiger partial charge in [-0.2, -0.15) is 35.4 Å². The fourth-order valence-corrected chi connectivity index (χ4v) is 3.53. The van der Waals surface area contributed by atoms with Gasteiger partial charge in [-0.1, -0.05) is 30.3 Å². The van der Waals surface area contributed by atoms with Gasteiger partial charge in [0.1, 0.15) is 5.82 Å². The molecule has 0 fully saturated rings. The summed E-state index contributed by atoms with van der Waals surface area (Å²) in [7, 11) is 0. The van der Waals surface area contributed by atoms with E-state index in [1.54, 1.807) is 35.1 Å². The quantitative estimate of drug-likeness (QED) is 0.251. The van der Waals surface area contributed by atoms with Crippen LogP contribution in [-0.4, -0.2) is 25.8 Å². The van der Waals surface area contributed by atoms with Crippen LogP contribution < -0.4 is 5.32 Å². The third kappa shape index (κ3) is 3.48. The first-order valence-electron chi connectivity index (χ1n) is 9.71. The van der Waals surface area contributed by atoms with Gasteiger partial charge in [0, 0.05) is 17.3 Å². The third-order valence-electron chi connectivity index (χ3n) is 4.99. The molecule has 0 atom stereocenters. The summed E-state index contributed by atoms with van der Waals surface area (Å²) in [6.07, 6.45) is 1.74. The van der Waals surface area contributed by atoms with Crippen LogP contribution in [0.2, 0.25) is 0 Å². The van der Waals surface area contributed by atoms with Crippen molar-refractivity contribution in [3.05, 3.63) is 103 Å². The fraction of sp³-hybridized carbons (Fsp3) is 0. The number of nitrogens with zero attached hydrogens (tertiary/aromatic N) is 3. The van der Waals surface area contributed by atoms with Gasteiger partial charge >= 0.3 is 5.97 Å². The topological polar surface area (TPSA) is 80.0 Å². The molecule has 0 aliphatic rings. The summed E-state index contributed by atoms with van der Waals surface area (Å²) in [5.74, 6) is -0.356. The predicted molar refractivity (Wildman–Crippen MR) is 120 cm³/mol. The molecule has 5 aromatic rings. The van der Waals surface area contributed by atoms with Crippen molar-refractivity contribution in [3.63, 3.8) is 0 Å². The van der Waals surface area contributed by atoms with Crippen molar-refractivity contribution in [2.24, 2.45) is 0 Å². The molecule has 0 saturated heterocycles. The van der Waals surface area contributed by atoms with Gasteiger partial charge < -0.3 is 10.4 Å². The normalized spacial score (nSPS) is 10.5. The van der Waals surface area contributed by atoms with Crippen molar-refractivity contribution in [1.29, 1.82) is 0 Å². The Labute approximate surface area is 178 Å². The van der Waals surface area contributed by atoms with E-state index in [0.29, 0.717) is 11.5 Å². The number of carboxylic acids is 1. The molecule has 6 nitrogen and oxygen atoms in total. The van der Waals surface area contributed by atoms with Crippen LogP contribution >= 0.6 is 0 Å². The van der Waals surface area contributed by atoms with Crippen molar-refractivity contribution in [1.82, 2.24) is 14.8 Å². The van der Waals surface area contributed by atoms with Crippen molar-refractivity contribution < 1.29 is 9.90 Å². The minimum atomic E-state index is -0.999. The van der Waals surface area contributed by atoms with E-state index in [0.717, 1.165) is 27.8 Å². The number of nitrogens with one attached hydrogen (secondary N) is 1. The van der Waals surface area contributed by atoms with Crippen LogP contribution in [0.15, 0.2) is 91.1 Å². The van der Waals surface area contributed by atoms with E-state index in [1.165, 1.54) is 0 Å². The molecule has 0 aliphatic heterocycles. The molecular weight excluding hydrogens is 635 g/mol. The van der Waals surface area contributed by atoms with Crippen LogP contribution in [0.3, 0.4) is 0 Å². The molecule has 0 aliphatic carbocycles. The van der Waals surface area contributed by atoms with Crippen LogP contribution in [0.25, 0.3) is 27.8 Å². The summed E-state index contributed by atoms with van der Waals surface area (Å²) in [6.45, 7) is 0. The molecule has 32 heavy (non-hydrogen) atoms. The fourth-order valence-electron chi connectivity index (χ4n) is 3.53. The number of aromatic nitrogens is 3. The number of para-hydroxylation sites is 2. The molecule has 1 radical (unpaired) electrons. The van der Waals surface area contributed by atoms with E-state index in [4.69, 9.17) is 5.10 Å². The number of pyridine rings is 1. The Bertz CT molecular complexity index is 1390. The van der Waals surface area contributed by atoms with Gasteiger partial charge in [0.2, 0.25) is 0 Å². The first-order chi connectivity index (χ1) is 15.2. The number of hydrogen-bond donors (Lipinski definition) is 2. The molecule has 0 saturated carbocycles. The van der Waals surface area contributed by atoms with Crippen LogP contribution in [0.1, 0.15) is 10.4 Å². The van der Waals surface area contributed by atoms with Gasteiger partial charge in [-0.15, -0.1) is 5.56 Å². The van der Waals surface area contributed by atoms with Gasteiger partial charge in [-0.3, -0.25) is 4.98 Å². The largest absolute Gasteiger partial charge is 0.478 e. The molecule has 0 spiro atoms. The Kier molecular flexibility index (Phi) is 5.04. The second kappa shape index (κ2) is 8.12. The molecule has 0 bridgehead atoms. The van der Waals surface area contributed by atoms with Gasteiger partial charge in [-0.05, 0) is 30.3 Å². The smallest absolute Gasteiger partial charge is 0.337 e. The zero-order valence-corrected chi connectivity index (χ0v) is 19.5. The number of anilines is 2. The minimum absolute atomic E-state index is 0. The Morgan fingerprint density at radius 2 is 1.81 bits per heavy atom. The van der Waals surface area contributed by atoms with Gasteiger partial charge in [-0.25, -0.2) is 9.48 Å². The first-order valence-corrected chi connectivity index (χ1v) is 9.71. The van der Waals surface area contributed by atoms with Gasteiger partial charge in [0.05, 0.1) is 22.5 Å². The summed E-state index contributed by atoms with van der Waals surface area (Å²) in [5, 5.41) is 18.6. The SMILES string of the molecule is O=C(O)c1ccccc1Nc1cc(-c2c[c-]ccc2)nn1-c1ccnc2ccccc12.[Bk]. The molecular formula is C25H17BkN4O2-. The number of carbonyl (C=O) groups is 1. The zero-order valence-electron chi connectivity index (χ0n) is 16.7. The minimum Gasteiger partial charge on any atom is -0.478 e. The van der Waals surface area contributed by atoms with E-state index in [2.05, 4.69) is 16.4 Å². The zero-order chi connectivity index (χ0) is 21.2. The molecule has 159 valence electrons. The number of benzene rings is 3. The molecule has 2 N–H and O–H groups in total. The Morgan fingerprint density at radius 3 is 2.62 bits per heavy atom. The maximum Gasteiger partial charge on any atom is 0.337 e. The van der Waals surface area contributed by atoms with E-state index >= 15 is 0 Å². The van der Waals surface area contributed by atoms with Gasteiger partial charge in [0.25, 0.3) is 0 Å². The molecule has 3 aromatic carbocycles. The van der Waals surface area contributed by atoms with Crippen LogP contribution in [0.5, 0.6) is 0 Å². The molecule has 7 heteroatoms. The van der Waals surface area contributed by atoms with Crippen LogP contribution in [-0.2, 0) is 0 Å². The summed E-state index contributed by atoms with van der Waals surface area (Å²) in [5.41, 5.74) is 4.02. The molecule has 0 unspecified atom stereocenters. The van der Waals surface area contributed by atoms with Crippen molar-refractivity contribution in [2.45, 2.75) is 0 Å². The predicted octanol–water partition coefficient (Wildman–Crippen LogP) is 5.33. The third-order valence-corrected chi connectivity index (χ3v) is 4.99. The summed E-state index contributed by atoms with van der Waals surface area (Å²) in [6, 6.07) is 29.1. The average Bonchev–Trinajstić information content (AvgIpc) is 3.23. The number of carboxylic acid groups (broad SMARTS) is 1. The molecule has 0 amide bonds. The average molecular weight is 652 g/mol. The van der Waals surface area contributed by atoms with Crippen LogP contribution in [0, 0.1) is 6.07 Å².